The summed E-state index contributed by atoms with van der Waals surface area (Å²) in [5.74, 6) is -0.0361. The van der Waals surface area contributed by atoms with Crippen LogP contribution in [0.5, 0.6) is 5.75 Å². The molecule has 0 unspecified atom stereocenters. The summed E-state index contributed by atoms with van der Waals surface area (Å²) in [7, 11) is -6.12. The highest BCUT2D eigenvalue weighted by atomic mass is 32.2. The molecule has 0 heterocycles. The van der Waals surface area contributed by atoms with Crippen LogP contribution < -0.4 is 19.1 Å². The normalized spacial score (nSPS) is 12.5. The van der Waals surface area contributed by atoms with Gasteiger partial charge < -0.3 is 10.1 Å². The smallest absolute Gasteiger partial charge is 0.261 e. The van der Waals surface area contributed by atoms with Gasteiger partial charge in [0.25, 0.3) is 10.0 Å². The first-order valence-corrected chi connectivity index (χ1v) is 13.9. The topological polar surface area (TPSA) is 122 Å². The number of anilines is 3. The molecule has 1 amide bonds. The molecule has 186 valence electrons. The molecule has 3 aromatic rings. The molecule has 2 N–H and O–H groups in total. The lowest BCUT2D eigenvalue weighted by Gasteiger charge is -2.28. The van der Waals surface area contributed by atoms with Crippen molar-refractivity contribution in [3.05, 3.63) is 78.4 Å². The SMILES string of the molecule is COc1ccc(N([C@H](C)C(=O)Nc2ccc(S(=O)(=O)Nc3cccc(C)c3)cc2)S(C)(=O)=O)cc1. The summed E-state index contributed by atoms with van der Waals surface area (Å²) in [6, 6.07) is 17.8. The molecule has 0 aliphatic rings. The molecule has 0 radical (unpaired) electrons. The van der Waals surface area contributed by atoms with E-state index in [4.69, 9.17) is 4.74 Å². The van der Waals surface area contributed by atoms with Crippen molar-refractivity contribution in [2.75, 3.05) is 27.7 Å². The highest BCUT2D eigenvalue weighted by molar-refractivity contribution is 7.92. The van der Waals surface area contributed by atoms with E-state index in [9.17, 15) is 21.6 Å². The van der Waals surface area contributed by atoms with Gasteiger partial charge in [-0.3, -0.25) is 13.8 Å². The standard InChI is InChI=1S/C24H27N3O6S2/c1-17-6-5-7-20(16-17)26-35(31,32)23-14-8-19(9-15-23)25-24(28)18(2)27(34(4,29)30)21-10-12-22(33-3)13-11-21/h5-16,18,26H,1-4H3,(H,25,28)/t18-/m1/s1. The number of benzene rings is 3. The third-order valence-electron chi connectivity index (χ3n) is 5.12. The molecule has 0 aliphatic heterocycles. The molecule has 0 saturated carbocycles. The minimum absolute atomic E-state index is 0.0149. The Labute approximate surface area is 205 Å². The van der Waals surface area contributed by atoms with E-state index >= 15 is 0 Å². The zero-order valence-corrected chi connectivity index (χ0v) is 21.4. The van der Waals surface area contributed by atoms with Crippen molar-refractivity contribution in [3.8, 4) is 5.75 Å². The quantitative estimate of drug-likeness (QED) is 0.447. The Bertz CT molecular complexity index is 1400. The molecule has 3 rings (SSSR count). The maximum absolute atomic E-state index is 12.9. The van der Waals surface area contributed by atoms with Gasteiger partial charge in [-0.25, -0.2) is 16.8 Å². The third-order valence-corrected chi connectivity index (χ3v) is 7.76. The fraction of sp³-hybridized carbons (Fsp3) is 0.208. The van der Waals surface area contributed by atoms with E-state index in [0.29, 0.717) is 22.8 Å². The number of nitrogens with zero attached hydrogens (tertiary/aromatic N) is 1. The van der Waals surface area contributed by atoms with Gasteiger partial charge in [0.05, 0.1) is 23.9 Å². The Kier molecular flexibility index (Phi) is 7.71. The van der Waals surface area contributed by atoms with E-state index in [1.807, 2.05) is 13.0 Å². The van der Waals surface area contributed by atoms with E-state index in [1.54, 1.807) is 42.5 Å². The first-order valence-electron chi connectivity index (χ1n) is 10.5. The van der Waals surface area contributed by atoms with Gasteiger partial charge >= 0.3 is 0 Å². The van der Waals surface area contributed by atoms with Gasteiger partial charge in [0, 0.05) is 11.4 Å². The Hall–Kier alpha value is -3.57. The van der Waals surface area contributed by atoms with Crippen molar-refractivity contribution >= 4 is 43.0 Å². The number of aryl methyl sites for hydroxylation is 1. The Morgan fingerprint density at radius 1 is 0.914 bits per heavy atom. The van der Waals surface area contributed by atoms with E-state index in [2.05, 4.69) is 10.0 Å². The van der Waals surface area contributed by atoms with Crippen molar-refractivity contribution in [1.29, 1.82) is 0 Å². The van der Waals surface area contributed by atoms with E-state index in [1.165, 1.54) is 38.3 Å². The zero-order chi connectivity index (χ0) is 25.8. The van der Waals surface area contributed by atoms with Crippen LogP contribution in [0.2, 0.25) is 0 Å². The second-order valence-electron chi connectivity index (χ2n) is 7.92. The molecule has 11 heteroatoms. The minimum Gasteiger partial charge on any atom is -0.497 e. The van der Waals surface area contributed by atoms with Crippen LogP contribution in [0, 0.1) is 6.92 Å². The molecule has 0 saturated heterocycles. The van der Waals surface area contributed by atoms with Crippen LogP contribution in [-0.2, 0) is 24.8 Å². The molecular formula is C24H27N3O6S2. The average Bonchev–Trinajstić information content (AvgIpc) is 2.79. The highest BCUT2D eigenvalue weighted by Crippen LogP contribution is 2.25. The van der Waals surface area contributed by atoms with Crippen LogP contribution >= 0.6 is 0 Å². The largest absolute Gasteiger partial charge is 0.497 e. The summed E-state index contributed by atoms with van der Waals surface area (Å²) in [5, 5.41) is 2.64. The van der Waals surface area contributed by atoms with Crippen LogP contribution in [0.3, 0.4) is 0 Å². The second kappa shape index (κ2) is 10.4. The van der Waals surface area contributed by atoms with Crippen LogP contribution in [0.1, 0.15) is 12.5 Å². The summed E-state index contributed by atoms with van der Waals surface area (Å²) < 4.78 is 58.9. The van der Waals surface area contributed by atoms with Gasteiger partial charge in [0.15, 0.2) is 0 Å². The molecule has 3 aromatic carbocycles. The lowest BCUT2D eigenvalue weighted by molar-refractivity contribution is -0.116. The van der Waals surface area contributed by atoms with Crippen LogP contribution in [0.25, 0.3) is 0 Å². The summed E-state index contributed by atoms with van der Waals surface area (Å²) in [4.78, 5) is 12.9. The lowest BCUT2D eigenvalue weighted by atomic mass is 10.2. The molecule has 0 bridgehead atoms. The van der Waals surface area contributed by atoms with Gasteiger partial charge in [0.1, 0.15) is 11.8 Å². The van der Waals surface area contributed by atoms with Crippen molar-refractivity contribution < 1.29 is 26.4 Å². The summed E-state index contributed by atoms with van der Waals surface area (Å²) in [5.41, 5.74) is 1.98. The zero-order valence-electron chi connectivity index (χ0n) is 19.7. The Balaban J connectivity index is 1.76. The average molecular weight is 518 g/mol. The minimum atomic E-state index is -3.83. The summed E-state index contributed by atoms with van der Waals surface area (Å²) in [6.45, 7) is 3.32. The van der Waals surface area contributed by atoms with E-state index in [0.717, 1.165) is 16.1 Å². The van der Waals surface area contributed by atoms with Gasteiger partial charge in [-0.15, -0.1) is 0 Å². The summed E-state index contributed by atoms with van der Waals surface area (Å²) >= 11 is 0. The maximum atomic E-state index is 12.9. The lowest BCUT2D eigenvalue weighted by Crippen LogP contribution is -2.45. The first kappa shape index (κ1) is 26.0. The fourth-order valence-corrected chi connectivity index (χ4v) is 5.65. The number of amides is 1. The van der Waals surface area contributed by atoms with Crippen LogP contribution in [0.4, 0.5) is 17.1 Å². The molecule has 35 heavy (non-hydrogen) atoms. The van der Waals surface area contributed by atoms with Crippen LogP contribution in [0.15, 0.2) is 77.7 Å². The summed E-state index contributed by atoms with van der Waals surface area (Å²) in [6.07, 6.45) is 1.02. The van der Waals surface area contributed by atoms with Crippen LogP contribution in [-0.4, -0.2) is 42.2 Å². The van der Waals surface area contributed by atoms with Gasteiger partial charge in [-0.2, -0.15) is 0 Å². The number of hydrogen-bond donors (Lipinski definition) is 2. The number of sulfonamides is 2. The fourth-order valence-electron chi connectivity index (χ4n) is 3.42. The number of carbonyl (C=O) groups excluding carboxylic acids is 1. The van der Waals surface area contributed by atoms with Crippen molar-refractivity contribution in [2.45, 2.75) is 24.8 Å². The first-order chi connectivity index (χ1) is 16.4. The van der Waals surface area contributed by atoms with E-state index in [-0.39, 0.29) is 4.90 Å². The molecule has 0 fully saturated rings. The van der Waals surface area contributed by atoms with Crippen molar-refractivity contribution in [2.24, 2.45) is 0 Å². The maximum Gasteiger partial charge on any atom is 0.261 e. The predicted octanol–water partition coefficient (Wildman–Crippen LogP) is 3.60. The molecule has 0 aliphatic carbocycles. The molecular weight excluding hydrogens is 490 g/mol. The van der Waals surface area contributed by atoms with Gasteiger partial charge in [-0.05, 0) is 80.1 Å². The number of rotatable bonds is 9. The van der Waals surface area contributed by atoms with Gasteiger partial charge in [-0.1, -0.05) is 12.1 Å². The third kappa shape index (κ3) is 6.52. The second-order valence-corrected chi connectivity index (χ2v) is 11.5. The predicted molar refractivity (Wildman–Crippen MR) is 137 cm³/mol. The Morgan fingerprint density at radius 3 is 2.09 bits per heavy atom. The number of nitrogens with one attached hydrogen (secondary N) is 2. The highest BCUT2D eigenvalue weighted by Gasteiger charge is 2.29. The molecule has 0 spiro atoms. The number of carbonyl (C=O) groups is 1. The van der Waals surface area contributed by atoms with Crippen molar-refractivity contribution in [3.63, 3.8) is 0 Å². The van der Waals surface area contributed by atoms with E-state index < -0.39 is 32.0 Å². The molecule has 1 atom stereocenters. The monoisotopic (exact) mass is 517 g/mol. The number of methoxy groups -OCH3 is 1. The van der Waals surface area contributed by atoms with Gasteiger partial charge in [0.2, 0.25) is 15.9 Å². The number of ether oxygens (including phenoxy) is 1. The molecule has 9 nitrogen and oxygen atoms in total. The number of hydrogen-bond acceptors (Lipinski definition) is 6. The molecule has 0 aromatic heterocycles. The Morgan fingerprint density at radius 2 is 1.54 bits per heavy atom. The van der Waals surface area contributed by atoms with Crippen molar-refractivity contribution in [1.82, 2.24) is 0 Å².